The van der Waals surface area contributed by atoms with Crippen molar-refractivity contribution in [3.63, 3.8) is 0 Å². The van der Waals surface area contributed by atoms with Crippen LogP contribution in [0.15, 0.2) is 48.0 Å². The number of anilines is 1. The van der Waals surface area contributed by atoms with Crippen molar-refractivity contribution in [3.8, 4) is 5.75 Å². The fourth-order valence-electron chi connectivity index (χ4n) is 2.97. The zero-order valence-electron chi connectivity index (χ0n) is 12.5. The van der Waals surface area contributed by atoms with Gasteiger partial charge in [-0.1, -0.05) is 18.2 Å². The minimum Gasteiger partial charge on any atom is -0.497 e. The molecule has 0 fully saturated rings. The van der Waals surface area contributed by atoms with Crippen LogP contribution in [0, 0.1) is 0 Å². The molecular formula is C18H17NO3. The van der Waals surface area contributed by atoms with Gasteiger partial charge in [0.15, 0.2) is 0 Å². The average molecular weight is 295 g/mol. The molecule has 2 aromatic carbocycles. The molecule has 0 saturated carbocycles. The lowest BCUT2D eigenvalue weighted by Crippen LogP contribution is -2.21. The Kier molecular flexibility index (Phi) is 3.37. The summed E-state index contributed by atoms with van der Waals surface area (Å²) in [5.41, 5.74) is 10.9. The van der Waals surface area contributed by atoms with Crippen molar-refractivity contribution in [2.75, 3.05) is 12.8 Å². The quantitative estimate of drug-likeness (QED) is 0.673. The van der Waals surface area contributed by atoms with Crippen LogP contribution in [0.5, 0.6) is 5.75 Å². The third kappa shape index (κ3) is 2.13. The zero-order valence-corrected chi connectivity index (χ0v) is 12.5. The van der Waals surface area contributed by atoms with E-state index in [9.17, 15) is 9.90 Å². The molecule has 0 spiro atoms. The van der Waals surface area contributed by atoms with Crippen LogP contribution in [-0.2, 0) is 4.79 Å². The first-order chi connectivity index (χ1) is 10.5. The summed E-state index contributed by atoms with van der Waals surface area (Å²) >= 11 is 0. The van der Waals surface area contributed by atoms with Crippen molar-refractivity contribution in [3.05, 3.63) is 64.7 Å². The van der Waals surface area contributed by atoms with Gasteiger partial charge in [0.2, 0.25) is 0 Å². The number of methoxy groups -OCH3 is 1. The van der Waals surface area contributed by atoms with Crippen LogP contribution >= 0.6 is 0 Å². The van der Waals surface area contributed by atoms with Crippen molar-refractivity contribution in [2.24, 2.45) is 0 Å². The molecule has 0 heterocycles. The molecule has 0 aliphatic heterocycles. The molecule has 0 amide bonds. The number of carboxylic acid groups (broad SMARTS) is 1. The van der Waals surface area contributed by atoms with Crippen LogP contribution in [0.1, 0.15) is 29.5 Å². The van der Waals surface area contributed by atoms with Gasteiger partial charge in [0.05, 0.1) is 7.11 Å². The molecule has 4 nitrogen and oxygen atoms in total. The number of carboxylic acids is 1. The molecule has 1 aliphatic carbocycles. The van der Waals surface area contributed by atoms with E-state index >= 15 is 0 Å². The highest BCUT2D eigenvalue weighted by atomic mass is 16.5. The number of rotatable bonds is 3. The number of benzene rings is 2. The first-order valence-electron chi connectivity index (χ1n) is 7.00. The molecule has 0 radical (unpaired) electrons. The SMILES string of the molecule is COc1ccc(C2C(=C(C)C(=O)O)c3ccc(N)cc32)cc1. The molecule has 3 rings (SSSR count). The molecule has 22 heavy (non-hydrogen) atoms. The van der Waals surface area contributed by atoms with E-state index in [0.717, 1.165) is 28.0 Å². The third-order valence-electron chi connectivity index (χ3n) is 4.14. The van der Waals surface area contributed by atoms with Crippen LogP contribution in [-0.4, -0.2) is 18.2 Å². The largest absolute Gasteiger partial charge is 0.497 e. The minimum absolute atomic E-state index is 0.0551. The van der Waals surface area contributed by atoms with Gasteiger partial charge >= 0.3 is 5.97 Å². The van der Waals surface area contributed by atoms with E-state index in [1.807, 2.05) is 36.4 Å². The number of nitrogens with two attached hydrogens (primary N) is 1. The smallest absolute Gasteiger partial charge is 0.331 e. The Morgan fingerprint density at radius 2 is 1.86 bits per heavy atom. The molecule has 1 unspecified atom stereocenters. The third-order valence-corrected chi connectivity index (χ3v) is 4.14. The Morgan fingerprint density at radius 1 is 1.18 bits per heavy atom. The summed E-state index contributed by atoms with van der Waals surface area (Å²) < 4.78 is 5.18. The van der Waals surface area contributed by atoms with E-state index in [0.29, 0.717) is 11.3 Å². The van der Waals surface area contributed by atoms with Crippen LogP contribution in [0.4, 0.5) is 5.69 Å². The summed E-state index contributed by atoms with van der Waals surface area (Å²) in [4.78, 5) is 11.4. The molecule has 1 aliphatic rings. The van der Waals surface area contributed by atoms with E-state index in [1.165, 1.54) is 0 Å². The van der Waals surface area contributed by atoms with Crippen molar-refractivity contribution in [2.45, 2.75) is 12.8 Å². The summed E-state index contributed by atoms with van der Waals surface area (Å²) in [7, 11) is 1.62. The van der Waals surface area contributed by atoms with Gasteiger partial charge in [-0.25, -0.2) is 4.79 Å². The second-order valence-electron chi connectivity index (χ2n) is 5.40. The lowest BCUT2D eigenvalue weighted by Gasteiger charge is -2.35. The molecular weight excluding hydrogens is 278 g/mol. The summed E-state index contributed by atoms with van der Waals surface area (Å²) in [5.74, 6) is -0.173. The van der Waals surface area contributed by atoms with Gasteiger partial charge in [0.1, 0.15) is 5.75 Å². The normalized spacial score (nSPS) is 18.2. The summed E-state index contributed by atoms with van der Waals surface area (Å²) in [6.45, 7) is 1.65. The van der Waals surface area contributed by atoms with Gasteiger partial charge in [-0.2, -0.15) is 0 Å². The van der Waals surface area contributed by atoms with Gasteiger partial charge in [0.25, 0.3) is 0 Å². The highest BCUT2D eigenvalue weighted by Crippen LogP contribution is 2.52. The minimum atomic E-state index is -0.893. The highest BCUT2D eigenvalue weighted by molar-refractivity contribution is 6.02. The van der Waals surface area contributed by atoms with E-state index in [-0.39, 0.29) is 5.92 Å². The Balaban J connectivity index is 2.14. The van der Waals surface area contributed by atoms with Crippen LogP contribution in [0.3, 0.4) is 0 Å². The lowest BCUT2D eigenvalue weighted by atomic mass is 9.67. The number of hydrogen-bond donors (Lipinski definition) is 2. The molecule has 3 N–H and O–H groups in total. The van der Waals surface area contributed by atoms with Gasteiger partial charge in [-0.3, -0.25) is 0 Å². The topological polar surface area (TPSA) is 72.5 Å². The summed E-state index contributed by atoms with van der Waals surface area (Å²) in [5, 5.41) is 9.34. The standard InChI is InChI=1S/C18H17NO3/c1-10(18(20)21)16-14-8-5-12(19)9-15(14)17(16)11-3-6-13(22-2)7-4-11/h3-9,17H,19H2,1-2H3,(H,20,21). The van der Waals surface area contributed by atoms with E-state index in [2.05, 4.69) is 0 Å². The molecule has 0 aromatic heterocycles. The predicted octanol–water partition coefficient (Wildman–Crippen LogP) is 3.28. The monoisotopic (exact) mass is 295 g/mol. The Labute approximate surface area is 128 Å². The Hall–Kier alpha value is -2.75. The summed E-state index contributed by atoms with van der Waals surface area (Å²) in [6, 6.07) is 13.3. The van der Waals surface area contributed by atoms with Gasteiger partial charge in [-0.15, -0.1) is 0 Å². The van der Waals surface area contributed by atoms with Crippen LogP contribution in [0.2, 0.25) is 0 Å². The number of aliphatic carboxylic acids is 1. The van der Waals surface area contributed by atoms with Crippen LogP contribution < -0.4 is 10.5 Å². The number of fused-ring (bicyclic) bond motifs is 1. The molecule has 2 aromatic rings. The maximum absolute atomic E-state index is 11.4. The van der Waals surface area contributed by atoms with Crippen LogP contribution in [0.25, 0.3) is 5.57 Å². The highest BCUT2D eigenvalue weighted by Gasteiger charge is 2.36. The van der Waals surface area contributed by atoms with Crippen molar-refractivity contribution in [1.29, 1.82) is 0 Å². The first kappa shape index (κ1) is 14.2. The van der Waals surface area contributed by atoms with Crippen molar-refractivity contribution in [1.82, 2.24) is 0 Å². The predicted molar refractivity (Wildman–Crippen MR) is 85.9 cm³/mol. The van der Waals surface area contributed by atoms with Gasteiger partial charge in [-0.05, 0) is 53.5 Å². The number of ether oxygens (including phenoxy) is 1. The lowest BCUT2D eigenvalue weighted by molar-refractivity contribution is -0.132. The second kappa shape index (κ2) is 5.22. The van der Waals surface area contributed by atoms with Crippen molar-refractivity contribution < 1.29 is 14.6 Å². The van der Waals surface area contributed by atoms with E-state index < -0.39 is 5.97 Å². The molecule has 0 saturated heterocycles. The Morgan fingerprint density at radius 3 is 2.45 bits per heavy atom. The first-order valence-corrected chi connectivity index (χ1v) is 7.00. The van der Waals surface area contributed by atoms with E-state index in [1.54, 1.807) is 20.1 Å². The zero-order chi connectivity index (χ0) is 15.9. The maximum Gasteiger partial charge on any atom is 0.331 e. The van der Waals surface area contributed by atoms with Gasteiger partial charge in [0, 0.05) is 17.2 Å². The van der Waals surface area contributed by atoms with Crippen molar-refractivity contribution >= 4 is 17.2 Å². The number of carbonyl (C=O) groups is 1. The number of hydrogen-bond acceptors (Lipinski definition) is 3. The fourth-order valence-corrected chi connectivity index (χ4v) is 2.97. The Bertz CT molecular complexity index is 775. The fraction of sp³-hybridized carbons (Fsp3) is 0.167. The molecule has 0 bridgehead atoms. The maximum atomic E-state index is 11.4. The number of nitrogen functional groups attached to an aromatic ring is 1. The number of allylic oxidation sites excluding steroid dienone is 1. The summed E-state index contributed by atoms with van der Waals surface area (Å²) in [6.07, 6.45) is 0. The van der Waals surface area contributed by atoms with Gasteiger partial charge < -0.3 is 15.6 Å². The molecule has 1 atom stereocenters. The second-order valence-corrected chi connectivity index (χ2v) is 5.40. The molecule has 4 heteroatoms. The average Bonchev–Trinajstić information content (AvgIpc) is 2.50. The molecule has 112 valence electrons. The van der Waals surface area contributed by atoms with E-state index in [4.69, 9.17) is 10.5 Å².